The van der Waals surface area contributed by atoms with Gasteiger partial charge >= 0.3 is 0 Å². The van der Waals surface area contributed by atoms with E-state index in [2.05, 4.69) is 45.1 Å². The van der Waals surface area contributed by atoms with E-state index in [1.807, 2.05) is 36.4 Å². The maximum atomic E-state index is 6.05. The monoisotopic (exact) mass is 417 g/mol. The van der Waals surface area contributed by atoms with E-state index in [0.717, 1.165) is 68.4 Å². The van der Waals surface area contributed by atoms with Gasteiger partial charge in [0.05, 0.1) is 12.8 Å². The Morgan fingerprint density at radius 2 is 1.55 bits per heavy atom. The van der Waals surface area contributed by atoms with Crippen LogP contribution in [0.3, 0.4) is 0 Å². The molecule has 2 aromatic carbocycles. The molecule has 0 spiro atoms. The van der Waals surface area contributed by atoms with Crippen molar-refractivity contribution in [2.24, 2.45) is 0 Å². The van der Waals surface area contributed by atoms with Crippen molar-refractivity contribution < 1.29 is 9.47 Å². The average molecular weight is 418 g/mol. The molecule has 162 valence electrons. The average Bonchev–Trinajstić information content (AvgIpc) is 2.85. The van der Waals surface area contributed by atoms with E-state index in [1.54, 1.807) is 13.3 Å². The molecule has 0 atom stereocenters. The van der Waals surface area contributed by atoms with Crippen LogP contribution in [0.2, 0.25) is 0 Å². The standard InChI is InChI=1S/C26H31N3O2/c1-30-26-21-23(24-9-5-6-13-27-24)10-11-25(26)31-20-19-29-17-15-28(16-18-29)14-12-22-7-3-2-4-8-22/h2-11,13,21H,12,14-20H2,1H3. The van der Waals surface area contributed by atoms with Gasteiger partial charge in [-0.2, -0.15) is 0 Å². The number of hydrogen-bond acceptors (Lipinski definition) is 5. The minimum absolute atomic E-state index is 0.656. The summed E-state index contributed by atoms with van der Waals surface area (Å²) >= 11 is 0. The Morgan fingerprint density at radius 1 is 0.806 bits per heavy atom. The van der Waals surface area contributed by atoms with Gasteiger partial charge in [0.2, 0.25) is 0 Å². The molecule has 2 heterocycles. The van der Waals surface area contributed by atoms with Crippen LogP contribution in [0.4, 0.5) is 0 Å². The third-order valence-electron chi connectivity index (χ3n) is 5.81. The lowest BCUT2D eigenvalue weighted by atomic mass is 10.1. The quantitative estimate of drug-likeness (QED) is 0.526. The van der Waals surface area contributed by atoms with E-state index in [4.69, 9.17) is 9.47 Å². The van der Waals surface area contributed by atoms with Crippen LogP contribution in [-0.2, 0) is 6.42 Å². The van der Waals surface area contributed by atoms with Gasteiger partial charge in [-0.05, 0) is 42.3 Å². The molecular weight excluding hydrogens is 386 g/mol. The minimum atomic E-state index is 0.656. The van der Waals surface area contributed by atoms with Crippen LogP contribution in [0.1, 0.15) is 5.56 Å². The Hall–Kier alpha value is -2.89. The highest BCUT2D eigenvalue weighted by molar-refractivity contribution is 5.63. The van der Waals surface area contributed by atoms with Gasteiger partial charge in [-0.1, -0.05) is 36.4 Å². The minimum Gasteiger partial charge on any atom is -0.493 e. The van der Waals surface area contributed by atoms with Crippen molar-refractivity contribution in [1.29, 1.82) is 0 Å². The van der Waals surface area contributed by atoms with Crippen LogP contribution in [-0.4, -0.2) is 67.8 Å². The molecule has 0 aliphatic carbocycles. The number of ether oxygens (including phenoxy) is 2. The van der Waals surface area contributed by atoms with Crippen molar-refractivity contribution in [3.8, 4) is 22.8 Å². The number of rotatable bonds is 9. The molecule has 3 aromatic rings. The van der Waals surface area contributed by atoms with E-state index in [1.165, 1.54) is 5.56 Å². The van der Waals surface area contributed by atoms with Crippen molar-refractivity contribution in [2.45, 2.75) is 6.42 Å². The Morgan fingerprint density at radius 3 is 2.26 bits per heavy atom. The molecule has 1 fully saturated rings. The second-order valence-corrected chi connectivity index (χ2v) is 7.85. The van der Waals surface area contributed by atoms with Crippen LogP contribution >= 0.6 is 0 Å². The zero-order valence-electron chi connectivity index (χ0n) is 18.2. The topological polar surface area (TPSA) is 37.8 Å². The summed E-state index contributed by atoms with van der Waals surface area (Å²) in [7, 11) is 1.68. The van der Waals surface area contributed by atoms with Crippen LogP contribution < -0.4 is 9.47 Å². The number of nitrogens with zero attached hydrogens (tertiary/aromatic N) is 3. The first-order chi connectivity index (χ1) is 15.3. The molecule has 0 amide bonds. The highest BCUT2D eigenvalue weighted by Crippen LogP contribution is 2.31. The molecule has 1 aliphatic rings. The summed E-state index contributed by atoms with van der Waals surface area (Å²) in [6, 6.07) is 22.6. The van der Waals surface area contributed by atoms with Crippen molar-refractivity contribution in [1.82, 2.24) is 14.8 Å². The first kappa shape index (κ1) is 21.3. The fourth-order valence-corrected chi connectivity index (χ4v) is 3.93. The summed E-state index contributed by atoms with van der Waals surface area (Å²) in [6.07, 6.45) is 2.92. The van der Waals surface area contributed by atoms with E-state index >= 15 is 0 Å². The molecule has 31 heavy (non-hydrogen) atoms. The molecule has 0 radical (unpaired) electrons. The Balaban J connectivity index is 1.21. The van der Waals surface area contributed by atoms with Crippen molar-refractivity contribution >= 4 is 0 Å². The molecule has 0 N–H and O–H groups in total. The zero-order valence-corrected chi connectivity index (χ0v) is 18.2. The van der Waals surface area contributed by atoms with Crippen molar-refractivity contribution in [3.63, 3.8) is 0 Å². The normalized spacial score (nSPS) is 15.0. The highest BCUT2D eigenvalue weighted by Gasteiger charge is 2.17. The molecule has 1 aromatic heterocycles. The second-order valence-electron chi connectivity index (χ2n) is 7.85. The number of hydrogen-bond donors (Lipinski definition) is 0. The molecule has 5 nitrogen and oxygen atoms in total. The van der Waals surface area contributed by atoms with Gasteiger partial charge in [0, 0.05) is 51.0 Å². The number of piperazine rings is 1. The maximum Gasteiger partial charge on any atom is 0.161 e. The molecule has 0 unspecified atom stereocenters. The van der Waals surface area contributed by atoms with Crippen LogP contribution in [0, 0.1) is 0 Å². The molecule has 1 aliphatic heterocycles. The Labute approximate surface area is 185 Å². The van der Waals surface area contributed by atoms with Gasteiger partial charge in [-0.3, -0.25) is 9.88 Å². The van der Waals surface area contributed by atoms with Gasteiger partial charge in [-0.25, -0.2) is 0 Å². The fraction of sp³-hybridized carbons (Fsp3) is 0.346. The lowest BCUT2D eigenvalue weighted by Crippen LogP contribution is -2.47. The van der Waals surface area contributed by atoms with Crippen LogP contribution in [0.25, 0.3) is 11.3 Å². The van der Waals surface area contributed by atoms with Crippen LogP contribution in [0.15, 0.2) is 72.9 Å². The molecule has 5 heteroatoms. The summed E-state index contributed by atoms with van der Waals surface area (Å²) in [4.78, 5) is 9.45. The number of aromatic nitrogens is 1. The van der Waals surface area contributed by atoms with Gasteiger partial charge < -0.3 is 14.4 Å². The molecule has 0 saturated carbocycles. The number of benzene rings is 2. The smallest absolute Gasteiger partial charge is 0.161 e. The van der Waals surface area contributed by atoms with Crippen molar-refractivity contribution in [2.75, 3.05) is 53.0 Å². The zero-order chi connectivity index (χ0) is 21.3. The highest BCUT2D eigenvalue weighted by atomic mass is 16.5. The summed E-state index contributed by atoms with van der Waals surface area (Å²) in [5.41, 5.74) is 3.37. The van der Waals surface area contributed by atoms with Gasteiger partial charge in [0.25, 0.3) is 0 Å². The summed E-state index contributed by atoms with van der Waals surface area (Å²) < 4.78 is 11.6. The largest absolute Gasteiger partial charge is 0.493 e. The molecule has 0 bridgehead atoms. The Bertz CT molecular complexity index is 926. The number of pyridine rings is 1. The van der Waals surface area contributed by atoms with E-state index < -0.39 is 0 Å². The SMILES string of the molecule is COc1cc(-c2ccccn2)ccc1OCCN1CCN(CCc2ccccc2)CC1. The predicted octanol–water partition coefficient (Wildman–Crippen LogP) is 4.00. The fourth-order valence-electron chi connectivity index (χ4n) is 3.93. The summed E-state index contributed by atoms with van der Waals surface area (Å²) in [6.45, 7) is 7.14. The first-order valence-corrected chi connectivity index (χ1v) is 11.0. The van der Waals surface area contributed by atoms with Gasteiger partial charge in [-0.15, -0.1) is 0 Å². The maximum absolute atomic E-state index is 6.05. The summed E-state index contributed by atoms with van der Waals surface area (Å²) in [5, 5.41) is 0. The lowest BCUT2D eigenvalue weighted by Gasteiger charge is -2.34. The van der Waals surface area contributed by atoms with Crippen LogP contribution in [0.5, 0.6) is 11.5 Å². The van der Waals surface area contributed by atoms with E-state index in [9.17, 15) is 0 Å². The second kappa shape index (κ2) is 10.9. The first-order valence-electron chi connectivity index (χ1n) is 11.0. The predicted molar refractivity (Wildman–Crippen MR) is 125 cm³/mol. The van der Waals surface area contributed by atoms with Crippen molar-refractivity contribution in [3.05, 3.63) is 78.5 Å². The van der Waals surface area contributed by atoms with E-state index in [0.29, 0.717) is 6.61 Å². The molecular formula is C26H31N3O2. The Kier molecular flexibility index (Phi) is 7.53. The third kappa shape index (κ3) is 6.06. The van der Waals surface area contributed by atoms with Gasteiger partial charge in [0.1, 0.15) is 6.61 Å². The van der Waals surface area contributed by atoms with Gasteiger partial charge in [0.15, 0.2) is 11.5 Å². The molecule has 4 rings (SSSR count). The molecule has 1 saturated heterocycles. The number of methoxy groups -OCH3 is 1. The van der Waals surface area contributed by atoms with E-state index in [-0.39, 0.29) is 0 Å². The lowest BCUT2D eigenvalue weighted by molar-refractivity contribution is 0.117. The third-order valence-corrected chi connectivity index (χ3v) is 5.81. The summed E-state index contributed by atoms with van der Waals surface area (Å²) in [5.74, 6) is 1.53.